The normalized spacial score (nSPS) is 14.9. The van der Waals surface area contributed by atoms with E-state index in [0.717, 1.165) is 13.1 Å². The number of morpholine rings is 1. The monoisotopic (exact) mass is 414 g/mol. The van der Waals surface area contributed by atoms with E-state index < -0.39 is 0 Å². The zero-order valence-electron chi connectivity index (χ0n) is 17.3. The van der Waals surface area contributed by atoms with Gasteiger partial charge in [0.25, 0.3) is 5.91 Å². The van der Waals surface area contributed by atoms with Crippen molar-refractivity contribution in [2.24, 2.45) is 0 Å². The molecule has 1 aliphatic rings. The number of ether oxygens (including phenoxy) is 2. The minimum atomic E-state index is -0.387. The quantitative estimate of drug-likeness (QED) is 0.673. The summed E-state index contributed by atoms with van der Waals surface area (Å²) in [5, 5.41) is 2.91. The molecule has 1 aliphatic heterocycles. The number of benzene rings is 2. The molecule has 2 aromatic rings. The van der Waals surface area contributed by atoms with Crippen LogP contribution in [-0.4, -0.2) is 61.6 Å². The molecule has 0 spiro atoms. The van der Waals surface area contributed by atoms with Crippen molar-refractivity contribution < 1.29 is 23.5 Å². The van der Waals surface area contributed by atoms with Crippen LogP contribution in [0.25, 0.3) is 0 Å². The second kappa shape index (κ2) is 9.82. The molecule has 6 nitrogen and oxygen atoms in total. The maximum Gasteiger partial charge on any atom is 0.258 e. The SMILES string of the molecule is CC(C)(CNC(=O)COc1ccc(C(=O)c2ccc(F)cc2)cc1)N1CCOCC1. The lowest BCUT2D eigenvalue weighted by Crippen LogP contribution is -2.55. The topological polar surface area (TPSA) is 67.9 Å². The van der Waals surface area contributed by atoms with Gasteiger partial charge in [-0.25, -0.2) is 4.39 Å². The first-order chi connectivity index (χ1) is 14.3. The number of halogens is 1. The molecule has 2 aromatic carbocycles. The molecule has 0 bridgehead atoms. The van der Waals surface area contributed by atoms with Gasteiger partial charge in [0, 0.05) is 36.3 Å². The van der Waals surface area contributed by atoms with Gasteiger partial charge in [0.2, 0.25) is 0 Å². The Morgan fingerprint density at radius 3 is 2.20 bits per heavy atom. The summed E-state index contributed by atoms with van der Waals surface area (Å²) >= 11 is 0. The van der Waals surface area contributed by atoms with Crippen LogP contribution in [0.5, 0.6) is 5.75 Å². The molecule has 1 fully saturated rings. The minimum Gasteiger partial charge on any atom is -0.484 e. The van der Waals surface area contributed by atoms with Crippen LogP contribution in [-0.2, 0) is 9.53 Å². The summed E-state index contributed by atoms with van der Waals surface area (Å²) in [4.78, 5) is 26.9. The lowest BCUT2D eigenvalue weighted by molar-refractivity contribution is -0.123. The summed E-state index contributed by atoms with van der Waals surface area (Å²) in [6.07, 6.45) is 0. The van der Waals surface area contributed by atoms with Crippen LogP contribution < -0.4 is 10.1 Å². The number of nitrogens with zero attached hydrogens (tertiary/aromatic N) is 1. The molecule has 0 atom stereocenters. The third-order valence-electron chi connectivity index (χ3n) is 5.18. The van der Waals surface area contributed by atoms with E-state index in [2.05, 4.69) is 24.1 Å². The van der Waals surface area contributed by atoms with Crippen molar-refractivity contribution in [2.45, 2.75) is 19.4 Å². The predicted molar refractivity (Wildman–Crippen MR) is 111 cm³/mol. The number of carbonyl (C=O) groups excluding carboxylic acids is 2. The second-order valence-electron chi connectivity index (χ2n) is 7.84. The summed E-state index contributed by atoms with van der Waals surface area (Å²) in [6.45, 7) is 7.71. The van der Waals surface area contributed by atoms with Crippen molar-refractivity contribution in [1.29, 1.82) is 0 Å². The number of hydrogen-bond donors (Lipinski definition) is 1. The van der Waals surface area contributed by atoms with Gasteiger partial charge < -0.3 is 14.8 Å². The van der Waals surface area contributed by atoms with Crippen molar-refractivity contribution >= 4 is 11.7 Å². The maximum absolute atomic E-state index is 13.0. The van der Waals surface area contributed by atoms with E-state index in [1.807, 2.05) is 0 Å². The molecule has 0 unspecified atom stereocenters. The second-order valence-corrected chi connectivity index (χ2v) is 7.84. The zero-order valence-corrected chi connectivity index (χ0v) is 17.3. The lowest BCUT2D eigenvalue weighted by atomic mass is 10.0. The van der Waals surface area contributed by atoms with Gasteiger partial charge in [-0.15, -0.1) is 0 Å². The molecule has 1 amide bonds. The fourth-order valence-corrected chi connectivity index (χ4v) is 3.27. The molecule has 1 saturated heterocycles. The van der Waals surface area contributed by atoms with Crippen molar-refractivity contribution in [3.05, 3.63) is 65.5 Å². The van der Waals surface area contributed by atoms with Gasteiger partial charge in [-0.3, -0.25) is 14.5 Å². The molecule has 0 saturated carbocycles. The van der Waals surface area contributed by atoms with E-state index in [4.69, 9.17) is 9.47 Å². The third-order valence-corrected chi connectivity index (χ3v) is 5.18. The molecule has 7 heteroatoms. The highest BCUT2D eigenvalue weighted by molar-refractivity contribution is 6.09. The molecule has 160 valence electrons. The molecule has 3 rings (SSSR count). The largest absolute Gasteiger partial charge is 0.484 e. The number of ketones is 1. The van der Waals surface area contributed by atoms with E-state index in [-0.39, 0.29) is 29.7 Å². The summed E-state index contributed by atoms with van der Waals surface area (Å²) in [5.74, 6) is -0.303. The standard InChI is InChI=1S/C23H27FN2O4/c1-23(2,26-11-13-29-14-12-26)16-25-21(27)15-30-20-9-5-18(6-10-20)22(28)17-3-7-19(24)8-4-17/h3-10H,11-16H2,1-2H3,(H,25,27). The highest BCUT2D eigenvalue weighted by atomic mass is 19.1. The smallest absolute Gasteiger partial charge is 0.258 e. The molecular weight excluding hydrogens is 387 g/mol. The molecule has 30 heavy (non-hydrogen) atoms. The Morgan fingerprint density at radius 2 is 1.60 bits per heavy atom. The molecule has 0 aromatic heterocycles. The van der Waals surface area contributed by atoms with Crippen LogP contribution in [0.15, 0.2) is 48.5 Å². The number of carbonyl (C=O) groups is 2. The van der Waals surface area contributed by atoms with Gasteiger partial charge in [-0.2, -0.15) is 0 Å². The Kier molecular flexibility index (Phi) is 7.18. The fourth-order valence-electron chi connectivity index (χ4n) is 3.27. The zero-order chi connectivity index (χ0) is 21.6. The van der Waals surface area contributed by atoms with Crippen molar-refractivity contribution in [3.63, 3.8) is 0 Å². The van der Waals surface area contributed by atoms with E-state index >= 15 is 0 Å². The predicted octanol–water partition coefficient (Wildman–Crippen LogP) is 2.66. The van der Waals surface area contributed by atoms with Crippen LogP contribution in [0.3, 0.4) is 0 Å². The third kappa shape index (κ3) is 5.87. The van der Waals surface area contributed by atoms with Gasteiger partial charge in [-0.1, -0.05) is 0 Å². The van der Waals surface area contributed by atoms with Crippen molar-refractivity contribution in [1.82, 2.24) is 10.2 Å². The Morgan fingerprint density at radius 1 is 1.03 bits per heavy atom. The van der Waals surface area contributed by atoms with Crippen LogP contribution >= 0.6 is 0 Å². The summed E-state index contributed by atoms with van der Waals surface area (Å²) in [7, 11) is 0. The van der Waals surface area contributed by atoms with Crippen LogP contribution in [0.1, 0.15) is 29.8 Å². The fraction of sp³-hybridized carbons (Fsp3) is 0.391. The van der Waals surface area contributed by atoms with Gasteiger partial charge in [0.1, 0.15) is 11.6 Å². The summed E-state index contributed by atoms with van der Waals surface area (Å²) in [5.41, 5.74) is 0.708. The average Bonchev–Trinajstić information content (AvgIpc) is 2.77. The number of hydrogen-bond acceptors (Lipinski definition) is 5. The van der Waals surface area contributed by atoms with E-state index in [0.29, 0.717) is 36.6 Å². The Bertz CT molecular complexity index is 860. The van der Waals surface area contributed by atoms with Gasteiger partial charge in [-0.05, 0) is 62.4 Å². The Hall–Kier alpha value is -2.77. The van der Waals surface area contributed by atoms with Gasteiger partial charge >= 0.3 is 0 Å². The number of nitrogens with one attached hydrogen (secondary N) is 1. The molecule has 0 radical (unpaired) electrons. The van der Waals surface area contributed by atoms with E-state index in [9.17, 15) is 14.0 Å². The first-order valence-corrected chi connectivity index (χ1v) is 9.98. The molecule has 1 N–H and O–H groups in total. The molecule has 0 aliphatic carbocycles. The van der Waals surface area contributed by atoms with Gasteiger partial charge in [0.15, 0.2) is 12.4 Å². The lowest BCUT2D eigenvalue weighted by Gasteiger charge is -2.40. The number of rotatable bonds is 8. The highest BCUT2D eigenvalue weighted by Crippen LogP contribution is 2.17. The summed E-state index contributed by atoms with van der Waals surface area (Å²) < 4.78 is 23.9. The van der Waals surface area contributed by atoms with Crippen molar-refractivity contribution in [2.75, 3.05) is 39.5 Å². The van der Waals surface area contributed by atoms with Gasteiger partial charge in [0.05, 0.1) is 13.2 Å². The molecular formula is C23H27FN2O4. The first kappa shape index (κ1) is 21.9. The summed E-state index contributed by atoms with van der Waals surface area (Å²) in [6, 6.07) is 11.9. The number of amides is 1. The maximum atomic E-state index is 13.0. The van der Waals surface area contributed by atoms with E-state index in [1.54, 1.807) is 24.3 Å². The minimum absolute atomic E-state index is 0.107. The first-order valence-electron chi connectivity index (χ1n) is 9.98. The average molecular weight is 414 g/mol. The van der Waals surface area contributed by atoms with Crippen LogP contribution in [0, 0.1) is 5.82 Å². The molecule has 1 heterocycles. The van der Waals surface area contributed by atoms with Crippen LogP contribution in [0.4, 0.5) is 4.39 Å². The van der Waals surface area contributed by atoms with Crippen molar-refractivity contribution in [3.8, 4) is 5.75 Å². The van der Waals surface area contributed by atoms with E-state index in [1.165, 1.54) is 24.3 Å². The van der Waals surface area contributed by atoms with Crippen LogP contribution in [0.2, 0.25) is 0 Å². The Labute approximate surface area is 176 Å². The highest BCUT2D eigenvalue weighted by Gasteiger charge is 2.28. The Balaban J connectivity index is 1.46.